The zero-order chi connectivity index (χ0) is 27.3. The van der Waals surface area contributed by atoms with Gasteiger partial charge in [-0.05, 0) is 123 Å². The van der Waals surface area contributed by atoms with Gasteiger partial charge in [0.15, 0.2) is 0 Å². The number of rotatable bonds is 6. The van der Waals surface area contributed by atoms with E-state index in [9.17, 15) is 25.2 Å². The molecule has 5 aliphatic rings. The molecule has 5 aliphatic carbocycles. The summed E-state index contributed by atoms with van der Waals surface area (Å²) in [5.41, 5.74) is 4.27. The number of fused-ring (bicyclic) bond motifs is 2. The van der Waals surface area contributed by atoms with E-state index in [4.69, 9.17) is 10.5 Å². The fraction of sp³-hybridized carbons (Fsp3) is 0.967. The Labute approximate surface area is 222 Å². The molecule has 5 rings (SSSR count). The Morgan fingerprint density at radius 2 is 1.70 bits per heavy atom. The van der Waals surface area contributed by atoms with Crippen LogP contribution in [0.1, 0.15) is 99.3 Å². The maximum atomic E-state index is 11.6. The zero-order valence-corrected chi connectivity index (χ0v) is 23.7. The highest BCUT2D eigenvalue weighted by molar-refractivity contribution is 5.64. The molecule has 0 aromatic carbocycles. The van der Waals surface area contributed by atoms with E-state index < -0.39 is 30.0 Å². The molecule has 0 saturated heterocycles. The van der Waals surface area contributed by atoms with Crippen molar-refractivity contribution in [2.45, 2.75) is 129 Å². The van der Waals surface area contributed by atoms with Crippen LogP contribution in [0.25, 0.3) is 0 Å². The third-order valence-corrected chi connectivity index (χ3v) is 13.2. The van der Waals surface area contributed by atoms with Gasteiger partial charge >= 0.3 is 6.09 Å². The summed E-state index contributed by atoms with van der Waals surface area (Å²) < 4.78 is 5.19. The first-order valence-corrected chi connectivity index (χ1v) is 14.8. The number of aliphatic hydroxyl groups is 4. The second-order valence-electron chi connectivity index (χ2n) is 15.0. The maximum Gasteiger partial charge on any atom is 0.404 e. The molecule has 0 aliphatic heterocycles. The summed E-state index contributed by atoms with van der Waals surface area (Å²) in [7, 11) is 0. The van der Waals surface area contributed by atoms with Crippen LogP contribution in [0, 0.1) is 51.2 Å². The van der Waals surface area contributed by atoms with Crippen molar-refractivity contribution in [1.82, 2.24) is 0 Å². The van der Waals surface area contributed by atoms with Gasteiger partial charge in [0.25, 0.3) is 0 Å². The number of ether oxygens (including phenoxy) is 1. The molecule has 5 saturated carbocycles. The van der Waals surface area contributed by atoms with Crippen molar-refractivity contribution in [2.24, 2.45) is 57.0 Å². The molecule has 5 fully saturated rings. The predicted octanol–water partition coefficient (Wildman–Crippen LogP) is 3.99. The number of carbonyl (C=O) groups excluding carboxylic acids is 1. The van der Waals surface area contributed by atoms with Crippen LogP contribution in [-0.2, 0) is 4.74 Å². The summed E-state index contributed by atoms with van der Waals surface area (Å²) in [6.45, 7) is 12.5. The zero-order valence-electron chi connectivity index (χ0n) is 23.7. The average Bonchev–Trinajstić information content (AvgIpc) is 3.26. The molecule has 4 unspecified atom stereocenters. The molecule has 0 heterocycles. The van der Waals surface area contributed by atoms with Crippen LogP contribution >= 0.6 is 0 Å². The number of hydrogen-bond acceptors (Lipinski definition) is 6. The highest BCUT2D eigenvalue weighted by Crippen LogP contribution is 2.89. The lowest BCUT2D eigenvalue weighted by molar-refractivity contribution is -0.142. The van der Waals surface area contributed by atoms with Gasteiger partial charge in [-0.1, -0.05) is 27.7 Å². The van der Waals surface area contributed by atoms with Crippen molar-refractivity contribution in [3.05, 3.63) is 0 Å². The Kier molecular flexibility index (Phi) is 6.40. The minimum atomic E-state index is -1.21. The number of aliphatic hydroxyl groups excluding tert-OH is 3. The lowest BCUT2D eigenvalue weighted by Crippen LogP contribution is -2.55. The summed E-state index contributed by atoms with van der Waals surface area (Å²) in [5.74, 6) is 1.55. The maximum absolute atomic E-state index is 11.6. The lowest BCUT2D eigenvalue weighted by Gasteiger charge is -2.59. The molecule has 37 heavy (non-hydrogen) atoms. The third kappa shape index (κ3) is 3.55. The number of nitrogens with two attached hydrogens (primary N) is 1. The number of amides is 1. The fourth-order valence-electron chi connectivity index (χ4n) is 11.5. The SMILES string of the molecule is C[C@@H]1C23CC[C@H](O)C(C)(C)C2CC[C@H]2C4C(O)[C@@H](O)[C@H](CCC[C@H](OC(N)=O)C(C)(C)O)[C@@]4(C)CC[C@]123. The van der Waals surface area contributed by atoms with Crippen LogP contribution in [0.5, 0.6) is 0 Å². The molecule has 212 valence electrons. The summed E-state index contributed by atoms with van der Waals surface area (Å²) in [6.07, 6.45) is 4.75. The van der Waals surface area contributed by atoms with Crippen LogP contribution in [0.2, 0.25) is 0 Å². The Morgan fingerprint density at radius 1 is 1.03 bits per heavy atom. The molecular weight excluding hydrogens is 470 g/mol. The highest BCUT2D eigenvalue weighted by Gasteiger charge is 2.85. The van der Waals surface area contributed by atoms with E-state index in [1.165, 1.54) is 0 Å². The molecule has 1 amide bonds. The van der Waals surface area contributed by atoms with E-state index in [0.717, 1.165) is 38.5 Å². The first kappa shape index (κ1) is 27.7. The molecule has 0 aromatic heterocycles. The second kappa shape index (κ2) is 8.55. The van der Waals surface area contributed by atoms with E-state index in [1.807, 2.05) is 0 Å². The minimum Gasteiger partial charge on any atom is -0.443 e. The van der Waals surface area contributed by atoms with Gasteiger partial charge in [0.1, 0.15) is 6.10 Å². The van der Waals surface area contributed by atoms with Gasteiger partial charge in [0, 0.05) is 0 Å². The number of primary amides is 1. The third-order valence-electron chi connectivity index (χ3n) is 13.2. The molecule has 0 bridgehead atoms. The molecule has 6 N–H and O–H groups in total. The van der Waals surface area contributed by atoms with Crippen LogP contribution in [0.4, 0.5) is 4.79 Å². The van der Waals surface area contributed by atoms with Crippen molar-refractivity contribution >= 4 is 6.09 Å². The minimum absolute atomic E-state index is 0.0340. The monoisotopic (exact) mass is 521 g/mol. The molecule has 7 heteroatoms. The quantitative estimate of drug-likeness (QED) is 0.359. The van der Waals surface area contributed by atoms with E-state index in [2.05, 4.69) is 27.7 Å². The van der Waals surface area contributed by atoms with E-state index in [1.54, 1.807) is 13.8 Å². The summed E-state index contributed by atoms with van der Waals surface area (Å²) in [5, 5.41) is 44.3. The topological polar surface area (TPSA) is 133 Å². The Morgan fingerprint density at radius 3 is 2.32 bits per heavy atom. The predicted molar refractivity (Wildman–Crippen MR) is 140 cm³/mol. The van der Waals surface area contributed by atoms with Crippen LogP contribution in [-0.4, -0.2) is 56.5 Å². The molecule has 7 nitrogen and oxygen atoms in total. The Hall–Kier alpha value is -0.890. The highest BCUT2D eigenvalue weighted by atomic mass is 16.6. The second-order valence-corrected chi connectivity index (χ2v) is 15.0. The smallest absolute Gasteiger partial charge is 0.404 e. The number of hydrogen-bond donors (Lipinski definition) is 5. The first-order chi connectivity index (χ1) is 17.1. The summed E-state index contributed by atoms with van der Waals surface area (Å²) in [4.78, 5) is 11.4. The lowest BCUT2D eigenvalue weighted by atomic mass is 9.46. The molecule has 12 atom stereocenters. The first-order valence-electron chi connectivity index (χ1n) is 14.8. The van der Waals surface area contributed by atoms with Crippen LogP contribution in [0.15, 0.2) is 0 Å². The van der Waals surface area contributed by atoms with Gasteiger partial charge < -0.3 is 30.9 Å². The van der Waals surface area contributed by atoms with Crippen LogP contribution in [0.3, 0.4) is 0 Å². The van der Waals surface area contributed by atoms with Crippen molar-refractivity contribution in [3.8, 4) is 0 Å². The molecule has 0 aromatic rings. The van der Waals surface area contributed by atoms with Crippen molar-refractivity contribution in [2.75, 3.05) is 0 Å². The van der Waals surface area contributed by atoms with E-state index >= 15 is 0 Å². The van der Waals surface area contributed by atoms with Gasteiger partial charge in [-0.15, -0.1) is 0 Å². The van der Waals surface area contributed by atoms with Gasteiger partial charge in [-0.3, -0.25) is 0 Å². The van der Waals surface area contributed by atoms with Gasteiger partial charge in [-0.2, -0.15) is 0 Å². The Balaban J connectivity index is 1.36. The normalized spacial score (nSPS) is 50.8. The largest absolute Gasteiger partial charge is 0.443 e. The standard InChI is InChI=1S/C30H51NO6/c1-16-29-15-14-28(6)18(8-7-9-21(27(4,5)36)37-25(31)35)23(33)24(34)22(28)17(29)10-11-19-26(2,3)20(32)12-13-30(16,19)29/h16-24,32-34,36H,7-15H2,1-6H3,(H2,31,35)/t16-,17-,18-,19?,20-,21-,22?,23-,24?,28+,29-,30?/m0/s1. The van der Waals surface area contributed by atoms with Gasteiger partial charge in [-0.25, -0.2) is 4.79 Å². The molecule has 2 spiro atoms. The Bertz CT molecular complexity index is 916. The van der Waals surface area contributed by atoms with Crippen LogP contribution < -0.4 is 5.73 Å². The average molecular weight is 522 g/mol. The fourth-order valence-corrected chi connectivity index (χ4v) is 11.5. The summed E-state index contributed by atoms with van der Waals surface area (Å²) in [6, 6.07) is 0. The van der Waals surface area contributed by atoms with E-state index in [-0.39, 0.29) is 39.6 Å². The molecule has 0 radical (unpaired) electrons. The van der Waals surface area contributed by atoms with Gasteiger partial charge in [0.2, 0.25) is 0 Å². The van der Waals surface area contributed by atoms with Crippen molar-refractivity contribution in [3.63, 3.8) is 0 Å². The van der Waals surface area contributed by atoms with Crippen molar-refractivity contribution in [1.29, 1.82) is 0 Å². The number of carbonyl (C=O) groups is 1. The van der Waals surface area contributed by atoms with Gasteiger partial charge in [0.05, 0.1) is 23.9 Å². The molecular formula is C30H51NO6. The van der Waals surface area contributed by atoms with E-state index in [0.29, 0.717) is 37.0 Å². The summed E-state index contributed by atoms with van der Waals surface area (Å²) >= 11 is 0. The van der Waals surface area contributed by atoms with Crippen molar-refractivity contribution < 1.29 is 30.0 Å².